The van der Waals surface area contributed by atoms with Gasteiger partial charge in [-0.25, -0.2) is 18.6 Å². The van der Waals surface area contributed by atoms with E-state index in [-0.39, 0.29) is 129 Å². The van der Waals surface area contributed by atoms with Crippen LogP contribution in [0.1, 0.15) is 32.9 Å². The molecule has 4 N–H and O–H groups in total. The summed E-state index contributed by atoms with van der Waals surface area (Å²) in [6.07, 6.45) is 0. The molecule has 3 aromatic heterocycles. The SMILES string of the molecule is O=C(O)c1n[nH]c2ccccc12.O=C(OCCBr)c1n[nH]c2ccccc12.O=C1OCCn2nc3ccccc3c21.O=CO[O-].O=S(Cl)Cl.OCCBr.[H-].[K+].[K+]. The average Bonchev–Trinajstić information content (AvgIpc) is 3.90. The number of carboxylic acid groups (broad SMARTS) is 1. The zero-order chi connectivity index (χ0) is 39.2. The van der Waals surface area contributed by atoms with E-state index >= 15 is 0 Å². The van der Waals surface area contributed by atoms with E-state index in [2.05, 4.69) is 83.6 Å². The van der Waals surface area contributed by atoms with Crippen LogP contribution in [0.15, 0.2) is 72.8 Å². The normalized spacial score (nSPS) is 10.6. The molecule has 1 aliphatic rings. The molecular weight excluding hydrogens is 973 g/mol. The smallest absolute Gasteiger partial charge is 1.00 e. The van der Waals surface area contributed by atoms with Gasteiger partial charge in [0.1, 0.15) is 13.2 Å². The van der Waals surface area contributed by atoms with E-state index in [1.165, 1.54) is 0 Å². The van der Waals surface area contributed by atoms with E-state index in [9.17, 15) is 14.4 Å². The molecular formula is C31H30Br2Cl2K2N6O11S. The topological polar surface area (TPSA) is 252 Å². The number of aliphatic hydroxyl groups excluding tert-OH is 1. The number of carbonyl (C=O) groups is 4. The van der Waals surface area contributed by atoms with Gasteiger partial charge in [-0.3, -0.25) is 19.7 Å². The van der Waals surface area contributed by atoms with Gasteiger partial charge in [-0.15, -0.1) is 0 Å². The first-order valence-electron chi connectivity index (χ1n) is 14.6. The molecule has 0 amide bonds. The van der Waals surface area contributed by atoms with Crippen molar-refractivity contribution >= 4 is 120 Å². The van der Waals surface area contributed by atoms with Crippen molar-refractivity contribution in [1.29, 1.82) is 0 Å². The van der Waals surface area contributed by atoms with Crippen LogP contribution >= 0.6 is 53.2 Å². The monoisotopic (exact) mass is 1000 g/mol. The summed E-state index contributed by atoms with van der Waals surface area (Å²) in [6, 6.07) is 22.2. The number of nitrogens with one attached hydrogen (secondary N) is 2. The molecule has 0 unspecified atom stereocenters. The maximum absolute atomic E-state index is 11.6. The van der Waals surface area contributed by atoms with Crippen molar-refractivity contribution in [2.45, 2.75) is 6.54 Å². The summed E-state index contributed by atoms with van der Waals surface area (Å²) in [5, 5.41) is 45.9. The number of nitrogens with zero attached hydrogens (tertiary/aromatic N) is 4. The number of H-pyrrole nitrogens is 2. The van der Waals surface area contributed by atoms with Crippen LogP contribution in [-0.4, -0.2) is 99.5 Å². The molecule has 0 saturated carbocycles. The number of ether oxygens (including phenoxy) is 2. The Balaban J connectivity index is 0. The van der Waals surface area contributed by atoms with Gasteiger partial charge < -0.3 is 31.3 Å². The van der Waals surface area contributed by atoms with Crippen LogP contribution in [0.2, 0.25) is 0 Å². The Morgan fingerprint density at radius 2 is 1.42 bits per heavy atom. The summed E-state index contributed by atoms with van der Waals surface area (Å²) in [7, 11) is 7.36. The minimum atomic E-state index is -1.67. The number of aromatic nitrogens is 6. The van der Waals surface area contributed by atoms with Crippen LogP contribution in [0.5, 0.6) is 0 Å². The zero-order valence-electron chi connectivity index (χ0n) is 30.0. The fraction of sp³-hybridized carbons (Fsp3) is 0.194. The number of para-hydroxylation sites is 2. The summed E-state index contributed by atoms with van der Waals surface area (Å²) in [4.78, 5) is 44.9. The van der Waals surface area contributed by atoms with Crippen molar-refractivity contribution < 1.29 is 157 Å². The number of hydrogen-bond acceptors (Lipinski definition) is 13. The number of fused-ring (bicyclic) bond motifs is 5. The Kier molecular flexibility index (Phi) is 30.2. The quantitative estimate of drug-likeness (QED) is 0.0284. The van der Waals surface area contributed by atoms with E-state index in [0.717, 1.165) is 27.3 Å². The molecule has 0 spiro atoms. The van der Waals surface area contributed by atoms with Gasteiger partial charge in [0.05, 0.1) is 29.7 Å². The molecule has 286 valence electrons. The Labute approximate surface area is 427 Å². The van der Waals surface area contributed by atoms with Gasteiger partial charge in [-0.05, 0) is 18.2 Å². The van der Waals surface area contributed by atoms with E-state index < -0.39 is 21.2 Å². The predicted molar refractivity (Wildman–Crippen MR) is 202 cm³/mol. The van der Waals surface area contributed by atoms with Crippen LogP contribution in [0.3, 0.4) is 0 Å². The van der Waals surface area contributed by atoms with Crippen LogP contribution in [-0.2, 0) is 34.9 Å². The summed E-state index contributed by atoms with van der Waals surface area (Å²) in [5.41, 5.74) is 3.42. The first-order chi connectivity index (χ1) is 25.5. The molecule has 0 bridgehead atoms. The van der Waals surface area contributed by atoms with Gasteiger partial charge in [-0.2, -0.15) is 15.3 Å². The van der Waals surface area contributed by atoms with Gasteiger partial charge in [0.2, 0.25) is 9.23 Å². The molecule has 55 heavy (non-hydrogen) atoms. The fourth-order valence-electron chi connectivity index (χ4n) is 4.20. The molecule has 3 aromatic carbocycles. The zero-order valence-corrected chi connectivity index (χ0v) is 40.8. The molecule has 4 heterocycles. The second kappa shape index (κ2) is 30.8. The van der Waals surface area contributed by atoms with E-state index in [1.807, 2.05) is 54.6 Å². The molecule has 17 nitrogen and oxygen atoms in total. The standard InChI is InChI=1S/C10H9BrN2O2.C10H8N2O2.C8H6N2O2.C2H5BrO.CH2O3.Cl2OS.2K.H/c11-5-6-15-10(14)9-7-3-1-2-4-8(7)12-13-9;13-10-9-7-3-1-2-4-8(7)11-12(9)5-6-14-10;11-8(12)7-5-3-1-2-4-6(5)9-10-7;3-1-2-4;2-1-4-3;1-4(2)3;;;/h1-4H,5-6H2,(H,12,13);1-4H,5-6H2;1-4H,(H,9,10)(H,11,12);4H,1-2H2;1,3H;;;;/q;;;;;;2*+1;-1/p-1. The number of carbonyl (C=O) groups excluding carboxylic acids is 3. The maximum atomic E-state index is 11.6. The number of rotatable bonds is 6. The Hall–Kier alpha value is -1.17. The third kappa shape index (κ3) is 18.5. The van der Waals surface area contributed by atoms with Crippen molar-refractivity contribution in [3.8, 4) is 0 Å². The van der Waals surface area contributed by atoms with Gasteiger partial charge in [0.15, 0.2) is 17.1 Å². The van der Waals surface area contributed by atoms with Crippen molar-refractivity contribution in [3.05, 3.63) is 89.9 Å². The fourth-order valence-corrected chi connectivity index (χ4v) is 4.36. The minimum Gasteiger partial charge on any atom is -1.00 e. The first kappa shape index (κ1) is 53.8. The van der Waals surface area contributed by atoms with Crippen molar-refractivity contribution in [1.82, 2.24) is 30.2 Å². The van der Waals surface area contributed by atoms with E-state index in [1.54, 1.807) is 22.9 Å². The van der Waals surface area contributed by atoms with Gasteiger partial charge >= 0.3 is 121 Å². The third-order valence-electron chi connectivity index (χ3n) is 6.15. The molecule has 24 heteroatoms. The number of cyclic esters (lactones) is 1. The average molecular weight is 1000 g/mol. The maximum Gasteiger partial charge on any atom is 1.00 e. The summed E-state index contributed by atoms with van der Waals surface area (Å²) in [6.45, 7) is 1.47. The van der Waals surface area contributed by atoms with Gasteiger partial charge in [-0.1, -0.05) is 86.5 Å². The molecule has 7 rings (SSSR count). The van der Waals surface area contributed by atoms with Crippen molar-refractivity contribution in [2.24, 2.45) is 0 Å². The number of hydrogen-bond donors (Lipinski definition) is 4. The van der Waals surface area contributed by atoms with Gasteiger partial charge in [0.25, 0.3) is 6.47 Å². The Morgan fingerprint density at radius 3 is 1.91 bits per heavy atom. The minimum absolute atomic E-state index is 0. The van der Waals surface area contributed by atoms with Crippen LogP contribution in [0, 0.1) is 0 Å². The number of aromatic carboxylic acids is 1. The van der Waals surface area contributed by atoms with E-state index in [4.69, 9.17) is 33.9 Å². The molecule has 0 fully saturated rings. The number of aromatic amines is 2. The molecule has 1 aliphatic heterocycles. The first-order valence-corrected chi connectivity index (χ1v) is 19.7. The summed E-state index contributed by atoms with van der Waals surface area (Å²) < 4.78 is 20.8. The number of carboxylic acids is 1. The van der Waals surface area contributed by atoms with Crippen molar-refractivity contribution in [2.75, 3.05) is 30.5 Å². The number of aliphatic hydroxyl groups is 1. The van der Waals surface area contributed by atoms with Crippen LogP contribution < -0.4 is 108 Å². The number of esters is 2. The molecule has 0 aliphatic carbocycles. The molecule has 0 saturated heterocycles. The Morgan fingerprint density at radius 1 is 0.945 bits per heavy atom. The number of benzene rings is 3. The summed E-state index contributed by atoms with van der Waals surface area (Å²) in [5.74, 6) is -1.68. The molecule has 0 radical (unpaired) electrons. The van der Waals surface area contributed by atoms with Crippen molar-refractivity contribution in [3.63, 3.8) is 0 Å². The second-order valence-corrected chi connectivity index (χ2v) is 13.5. The predicted octanol–water partition coefficient (Wildman–Crippen LogP) is -1.45. The largest absolute Gasteiger partial charge is 1.00 e. The number of alkyl halides is 2. The van der Waals surface area contributed by atoms with Crippen LogP contribution in [0.25, 0.3) is 32.7 Å². The Bertz CT molecular complexity index is 2110. The molecule has 6 aromatic rings. The van der Waals surface area contributed by atoms with Crippen LogP contribution in [0.4, 0.5) is 0 Å². The number of halogens is 4. The van der Waals surface area contributed by atoms with Gasteiger partial charge in [0, 0.05) is 48.2 Å². The third-order valence-corrected chi connectivity index (χ3v) is 6.82. The van der Waals surface area contributed by atoms with E-state index in [0.29, 0.717) is 47.2 Å². The summed E-state index contributed by atoms with van der Waals surface area (Å²) >= 11 is 6.18. The second-order valence-electron chi connectivity index (χ2n) is 9.38. The molecule has 0 atom stereocenters.